The van der Waals surface area contributed by atoms with Crippen molar-refractivity contribution < 1.29 is 19.4 Å². The summed E-state index contributed by atoms with van der Waals surface area (Å²) >= 11 is 0. The van der Waals surface area contributed by atoms with Crippen LogP contribution in [0.2, 0.25) is 0 Å². The Morgan fingerprint density at radius 1 is 1.19 bits per heavy atom. The van der Waals surface area contributed by atoms with Crippen molar-refractivity contribution in [3.8, 4) is 0 Å². The maximum atomic E-state index is 12.4. The van der Waals surface area contributed by atoms with Crippen molar-refractivity contribution in [2.24, 2.45) is 11.8 Å². The molecule has 2 unspecified atom stereocenters. The fraction of sp³-hybridized carbons (Fsp3) is 0.619. The van der Waals surface area contributed by atoms with Crippen LogP contribution in [0.3, 0.4) is 0 Å². The number of likely N-dealkylation sites (tertiary alicyclic amines) is 1. The van der Waals surface area contributed by atoms with Crippen molar-refractivity contribution in [1.82, 2.24) is 10.2 Å². The van der Waals surface area contributed by atoms with Gasteiger partial charge in [-0.25, -0.2) is 9.59 Å². The lowest BCUT2D eigenvalue weighted by molar-refractivity contribution is -0.158. The quantitative estimate of drug-likeness (QED) is 0.846. The zero-order valence-corrected chi connectivity index (χ0v) is 16.4. The number of benzene rings is 1. The second-order valence-corrected chi connectivity index (χ2v) is 8.81. The van der Waals surface area contributed by atoms with Crippen LogP contribution in [-0.2, 0) is 16.1 Å². The van der Waals surface area contributed by atoms with Crippen molar-refractivity contribution in [3.63, 3.8) is 0 Å². The van der Waals surface area contributed by atoms with Crippen molar-refractivity contribution in [2.45, 2.75) is 57.7 Å². The van der Waals surface area contributed by atoms with Gasteiger partial charge in [-0.3, -0.25) is 4.90 Å². The van der Waals surface area contributed by atoms with Crippen molar-refractivity contribution >= 4 is 12.1 Å². The standard InChI is InChI=1S/C21H30N2O4/c1-20(2,3)27-19(26)22-21(18(24)25)16-10-7-11-17(21)14-23(13-16)12-15-8-5-4-6-9-15/h4-6,8-9,16-17H,7,10-14H2,1-3H3,(H,22,26)(H,24,25). The second kappa shape index (κ2) is 7.50. The summed E-state index contributed by atoms with van der Waals surface area (Å²) in [5.41, 5.74) is -0.681. The number of rotatable bonds is 4. The normalized spacial score (nSPS) is 28.4. The molecule has 6 nitrogen and oxygen atoms in total. The predicted octanol–water partition coefficient (Wildman–Crippen LogP) is 3.27. The third kappa shape index (κ3) is 4.26. The topological polar surface area (TPSA) is 78.9 Å². The van der Waals surface area contributed by atoms with E-state index in [-0.39, 0.29) is 11.8 Å². The number of hydrogen-bond acceptors (Lipinski definition) is 4. The van der Waals surface area contributed by atoms with Crippen molar-refractivity contribution in [2.75, 3.05) is 13.1 Å². The van der Waals surface area contributed by atoms with Crippen molar-refractivity contribution in [3.05, 3.63) is 35.9 Å². The second-order valence-electron chi connectivity index (χ2n) is 8.81. The molecule has 0 radical (unpaired) electrons. The summed E-state index contributed by atoms with van der Waals surface area (Å²) in [4.78, 5) is 27.1. The Balaban J connectivity index is 1.79. The summed E-state index contributed by atoms with van der Waals surface area (Å²) in [6.45, 7) is 7.47. The van der Waals surface area contributed by atoms with Gasteiger partial charge in [-0.1, -0.05) is 36.8 Å². The Hall–Kier alpha value is -2.08. The van der Waals surface area contributed by atoms with E-state index < -0.39 is 23.2 Å². The van der Waals surface area contributed by atoms with Crippen LogP contribution in [0.15, 0.2) is 30.3 Å². The Morgan fingerprint density at radius 3 is 2.30 bits per heavy atom. The third-order valence-electron chi connectivity index (χ3n) is 5.66. The number of carboxylic acids is 1. The Labute approximate surface area is 160 Å². The first-order valence-corrected chi connectivity index (χ1v) is 9.71. The molecule has 1 heterocycles. The number of carbonyl (C=O) groups excluding carboxylic acids is 1. The molecular weight excluding hydrogens is 344 g/mol. The van der Waals surface area contributed by atoms with E-state index in [1.165, 1.54) is 5.56 Å². The Kier molecular flexibility index (Phi) is 5.47. The van der Waals surface area contributed by atoms with Gasteiger partial charge in [0.15, 0.2) is 0 Å². The molecule has 1 saturated heterocycles. The summed E-state index contributed by atoms with van der Waals surface area (Å²) in [5, 5.41) is 12.9. The zero-order valence-electron chi connectivity index (χ0n) is 16.4. The zero-order chi connectivity index (χ0) is 19.7. The summed E-state index contributed by atoms with van der Waals surface area (Å²) in [6, 6.07) is 10.2. The van der Waals surface area contributed by atoms with E-state index in [9.17, 15) is 14.7 Å². The number of amides is 1. The van der Waals surface area contributed by atoms with Crippen LogP contribution in [0.25, 0.3) is 0 Å². The molecular formula is C21H30N2O4. The summed E-state index contributed by atoms with van der Waals surface area (Å²) in [5.74, 6) is -1.19. The average molecular weight is 374 g/mol. The Bertz CT molecular complexity index is 669. The van der Waals surface area contributed by atoms with Gasteiger partial charge in [0.1, 0.15) is 11.1 Å². The number of nitrogens with zero attached hydrogens (tertiary/aromatic N) is 1. The largest absolute Gasteiger partial charge is 0.479 e. The summed E-state index contributed by atoms with van der Waals surface area (Å²) < 4.78 is 5.38. The smallest absolute Gasteiger partial charge is 0.408 e. The fourth-order valence-electron chi connectivity index (χ4n) is 4.62. The molecule has 2 fully saturated rings. The third-order valence-corrected chi connectivity index (χ3v) is 5.66. The molecule has 1 aliphatic heterocycles. The van der Waals surface area contributed by atoms with Gasteiger partial charge in [-0.2, -0.15) is 0 Å². The highest BCUT2D eigenvalue weighted by Crippen LogP contribution is 2.43. The van der Waals surface area contributed by atoms with Gasteiger partial charge in [0.2, 0.25) is 0 Å². The minimum atomic E-state index is -1.24. The molecule has 3 rings (SSSR count). The lowest BCUT2D eigenvalue weighted by Gasteiger charge is -2.53. The van der Waals surface area contributed by atoms with Gasteiger partial charge in [0.25, 0.3) is 0 Å². The highest BCUT2D eigenvalue weighted by atomic mass is 16.6. The van der Waals surface area contributed by atoms with Crippen molar-refractivity contribution in [1.29, 1.82) is 0 Å². The van der Waals surface area contributed by atoms with Crippen LogP contribution in [0.4, 0.5) is 4.79 Å². The van der Waals surface area contributed by atoms with E-state index in [2.05, 4.69) is 22.3 Å². The number of nitrogens with one attached hydrogen (secondary N) is 1. The fourth-order valence-corrected chi connectivity index (χ4v) is 4.62. The average Bonchev–Trinajstić information content (AvgIpc) is 2.54. The number of carboxylic acid groups (broad SMARTS) is 1. The SMILES string of the molecule is CC(C)(C)OC(=O)NC1(C(=O)O)C2CCCC1CN(Cc1ccccc1)C2. The molecule has 0 aromatic heterocycles. The number of fused-ring (bicyclic) bond motifs is 2. The van der Waals surface area contributed by atoms with Crippen LogP contribution in [0.5, 0.6) is 0 Å². The minimum Gasteiger partial charge on any atom is -0.479 e. The van der Waals surface area contributed by atoms with E-state index in [1.807, 2.05) is 18.2 Å². The van der Waals surface area contributed by atoms with Gasteiger partial charge >= 0.3 is 12.1 Å². The molecule has 2 bridgehead atoms. The molecule has 1 saturated carbocycles. The van der Waals surface area contributed by atoms with E-state index in [4.69, 9.17) is 4.74 Å². The summed E-state index contributed by atoms with van der Waals surface area (Å²) in [6.07, 6.45) is 1.95. The molecule has 1 aromatic carbocycles. The molecule has 27 heavy (non-hydrogen) atoms. The Morgan fingerprint density at radius 2 is 1.78 bits per heavy atom. The van der Waals surface area contributed by atoms with E-state index >= 15 is 0 Å². The highest BCUT2D eigenvalue weighted by molar-refractivity contribution is 5.85. The van der Waals surface area contributed by atoms with E-state index in [1.54, 1.807) is 20.8 Å². The minimum absolute atomic E-state index is 0.126. The van der Waals surface area contributed by atoms with Crippen LogP contribution in [0, 0.1) is 11.8 Å². The maximum Gasteiger partial charge on any atom is 0.408 e. The number of carbonyl (C=O) groups is 2. The maximum absolute atomic E-state index is 12.4. The monoisotopic (exact) mass is 374 g/mol. The molecule has 2 aliphatic rings. The van der Waals surface area contributed by atoms with Crippen LogP contribution < -0.4 is 5.32 Å². The van der Waals surface area contributed by atoms with Crippen LogP contribution in [-0.4, -0.2) is 46.3 Å². The highest BCUT2D eigenvalue weighted by Gasteiger charge is 2.58. The van der Waals surface area contributed by atoms with Gasteiger partial charge < -0.3 is 15.2 Å². The molecule has 1 amide bonds. The number of hydrogen-bond donors (Lipinski definition) is 2. The molecule has 2 N–H and O–H groups in total. The lowest BCUT2D eigenvalue weighted by atomic mass is 9.63. The van der Waals surface area contributed by atoms with Crippen LogP contribution >= 0.6 is 0 Å². The van der Waals surface area contributed by atoms with Crippen LogP contribution in [0.1, 0.15) is 45.6 Å². The van der Waals surface area contributed by atoms with Gasteiger partial charge in [-0.05, 0) is 39.2 Å². The molecule has 1 aliphatic carbocycles. The van der Waals surface area contributed by atoms with E-state index in [0.717, 1.165) is 25.8 Å². The first-order valence-electron chi connectivity index (χ1n) is 9.71. The molecule has 6 heteroatoms. The van der Waals surface area contributed by atoms with E-state index in [0.29, 0.717) is 13.1 Å². The molecule has 0 spiro atoms. The number of ether oxygens (including phenoxy) is 1. The van der Waals surface area contributed by atoms with Gasteiger partial charge in [-0.15, -0.1) is 0 Å². The summed E-state index contributed by atoms with van der Waals surface area (Å²) in [7, 11) is 0. The van der Waals surface area contributed by atoms with Gasteiger partial charge in [0.05, 0.1) is 0 Å². The van der Waals surface area contributed by atoms with Gasteiger partial charge in [0, 0.05) is 31.5 Å². The lowest BCUT2D eigenvalue weighted by Crippen LogP contribution is -2.71. The predicted molar refractivity (Wildman–Crippen MR) is 102 cm³/mol. The molecule has 148 valence electrons. The molecule has 2 atom stereocenters. The number of aliphatic carboxylic acids is 1. The molecule has 1 aromatic rings. The first-order chi connectivity index (χ1) is 12.7. The number of piperidine rings is 1. The number of alkyl carbamates (subject to hydrolysis) is 1. The first kappa shape index (κ1) is 19.7.